The molecule has 0 radical (unpaired) electrons. The van der Waals surface area contributed by atoms with Gasteiger partial charge in [0.2, 0.25) is 11.8 Å². The SMILES string of the molecule is CN=CC(=CN)c1cc2nccc(Oc3ccc(NC(=O)C4(C(=O)Nc5ccc(F)cc5)CC4)cc3)c2cc1C(=O)NC. The van der Waals surface area contributed by atoms with E-state index in [-0.39, 0.29) is 5.91 Å². The molecule has 0 unspecified atom stereocenters. The van der Waals surface area contributed by atoms with Crippen LogP contribution in [0.15, 0.2) is 84.1 Å². The van der Waals surface area contributed by atoms with Gasteiger partial charge in [0.1, 0.15) is 22.7 Å². The van der Waals surface area contributed by atoms with Crippen LogP contribution in [0.5, 0.6) is 11.5 Å². The van der Waals surface area contributed by atoms with E-state index >= 15 is 0 Å². The van der Waals surface area contributed by atoms with Crippen molar-refractivity contribution in [2.75, 3.05) is 24.7 Å². The standard InChI is InChI=1S/C32H29FN6O4/c1-35-18-19(17-34)24-16-27-26(15-25(24)29(40)36-2)28(11-14-37-27)43-23-9-7-22(8-10-23)39-31(42)32(12-13-32)30(41)38-21-5-3-20(33)4-6-21/h3-11,14-18H,12-13,34H2,1-2H3,(H,36,40)(H,38,41)(H,39,42). The Morgan fingerprint density at radius 2 is 1.58 bits per heavy atom. The van der Waals surface area contributed by atoms with Crippen LogP contribution < -0.4 is 26.4 Å². The summed E-state index contributed by atoms with van der Waals surface area (Å²) in [6, 6.07) is 17.2. The first-order valence-corrected chi connectivity index (χ1v) is 13.4. The zero-order chi connectivity index (χ0) is 30.6. The van der Waals surface area contributed by atoms with Crippen LogP contribution in [0.4, 0.5) is 15.8 Å². The Morgan fingerprint density at radius 1 is 0.953 bits per heavy atom. The molecule has 1 heterocycles. The Balaban J connectivity index is 1.33. The van der Waals surface area contributed by atoms with Crippen LogP contribution >= 0.6 is 0 Å². The van der Waals surface area contributed by atoms with Crippen LogP contribution in [-0.4, -0.2) is 43.0 Å². The maximum atomic E-state index is 13.2. The fourth-order valence-electron chi connectivity index (χ4n) is 4.61. The van der Waals surface area contributed by atoms with Crippen molar-refractivity contribution in [1.82, 2.24) is 10.3 Å². The third-order valence-electron chi connectivity index (χ3n) is 7.13. The molecule has 1 aromatic heterocycles. The number of amides is 3. The van der Waals surface area contributed by atoms with Crippen molar-refractivity contribution < 1.29 is 23.5 Å². The highest BCUT2D eigenvalue weighted by atomic mass is 19.1. The van der Waals surface area contributed by atoms with E-state index < -0.39 is 23.0 Å². The molecule has 0 bridgehead atoms. The summed E-state index contributed by atoms with van der Waals surface area (Å²) < 4.78 is 19.3. The summed E-state index contributed by atoms with van der Waals surface area (Å²) in [5.41, 5.74) is 7.64. The van der Waals surface area contributed by atoms with E-state index in [0.717, 1.165) is 0 Å². The van der Waals surface area contributed by atoms with Crippen molar-refractivity contribution in [3.05, 3.63) is 96.1 Å². The first kappa shape index (κ1) is 28.9. The van der Waals surface area contributed by atoms with Gasteiger partial charge in [-0.15, -0.1) is 0 Å². The quantitative estimate of drug-likeness (QED) is 0.164. The summed E-state index contributed by atoms with van der Waals surface area (Å²) >= 11 is 0. The van der Waals surface area contributed by atoms with Crippen LogP contribution in [-0.2, 0) is 9.59 Å². The topological polar surface area (TPSA) is 148 Å². The van der Waals surface area contributed by atoms with Gasteiger partial charge in [0.05, 0.1) is 5.52 Å². The number of fused-ring (bicyclic) bond motifs is 1. The molecule has 0 saturated heterocycles. The number of carbonyl (C=O) groups is 3. The van der Waals surface area contributed by atoms with Crippen molar-refractivity contribution in [1.29, 1.82) is 0 Å². The molecule has 5 rings (SSSR count). The Labute approximate surface area is 246 Å². The molecule has 1 saturated carbocycles. The number of nitrogens with one attached hydrogen (secondary N) is 3. The van der Waals surface area contributed by atoms with E-state index in [4.69, 9.17) is 10.5 Å². The fourth-order valence-corrected chi connectivity index (χ4v) is 4.61. The molecule has 11 heteroatoms. The highest BCUT2D eigenvalue weighted by molar-refractivity contribution is 6.17. The lowest BCUT2D eigenvalue weighted by atomic mass is 9.97. The zero-order valence-corrected chi connectivity index (χ0v) is 23.5. The summed E-state index contributed by atoms with van der Waals surface area (Å²) in [6.07, 6.45) is 5.37. The second-order valence-electron chi connectivity index (χ2n) is 9.94. The number of ether oxygens (including phenoxy) is 1. The van der Waals surface area contributed by atoms with E-state index in [9.17, 15) is 18.8 Å². The monoisotopic (exact) mass is 580 g/mol. The number of rotatable bonds is 9. The number of allylic oxidation sites excluding steroid dienone is 1. The number of aliphatic imine (C=N–C) groups is 1. The molecule has 0 spiro atoms. The number of hydrogen-bond donors (Lipinski definition) is 4. The molecule has 0 atom stereocenters. The smallest absolute Gasteiger partial charge is 0.251 e. The molecular formula is C32H29FN6O4. The van der Waals surface area contributed by atoms with Gasteiger partial charge >= 0.3 is 0 Å². The van der Waals surface area contributed by atoms with E-state index in [1.165, 1.54) is 30.5 Å². The maximum Gasteiger partial charge on any atom is 0.251 e. The largest absolute Gasteiger partial charge is 0.457 e. The number of aromatic nitrogens is 1. The number of hydrogen-bond acceptors (Lipinski definition) is 7. The predicted molar refractivity (Wildman–Crippen MR) is 164 cm³/mol. The first-order chi connectivity index (χ1) is 20.8. The van der Waals surface area contributed by atoms with Crippen LogP contribution in [0.2, 0.25) is 0 Å². The predicted octanol–water partition coefficient (Wildman–Crippen LogP) is 4.88. The van der Waals surface area contributed by atoms with E-state index in [1.807, 2.05) is 0 Å². The van der Waals surface area contributed by atoms with Crippen molar-refractivity contribution in [2.45, 2.75) is 12.8 Å². The Morgan fingerprint density at radius 3 is 2.14 bits per heavy atom. The maximum absolute atomic E-state index is 13.2. The zero-order valence-electron chi connectivity index (χ0n) is 23.5. The molecule has 10 nitrogen and oxygen atoms in total. The van der Waals surface area contributed by atoms with Crippen LogP contribution in [0.1, 0.15) is 28.8 Å². The number of benzene rings is 3. The van der Waals surface area contributed by atoms with Crippen molar-refractivity contribution in [3.63, 3.8) is 0 Å². The van der Waals surface area contributed by atoms with Gasteiger partial charge in [-0.05, 0) is 85.1 Å². The second-order valence-corrected chi connectivity index (χ2v) is 9.94. The second kappa shape index (κ2) is 12.1. The average molecular weight is 581 g/mol. The van der Waals surface area contributed by atoms with Gasteiger partial charge in [0, 0.05) is 60.6 Å². The van der Waals surface area contributed by atoms with Crippen LogP contribution in [0.3, 0.4) is 0 Å². The van der Waals surface area contributed by atoms with Gasteiger partial charge in [0.15, 0.2) is 0 Å². The highest BCUT2D eigenvalue weighted by Crippen LogP contribution is 2.47. The lowest BCUT2D eigenvalue weighted by molar-refractivity contribution is -0.131. The summed E-state index contributed by atoms with van der Waals surface area (Å²) in [6.45, 7) is 0. The molecule has 3 aromatic carbocycles. The lowest BCUT2D eigenvalue weighted by Crippen LogP contribution is -2.35. The minimum atomic E-state index is -1.18. The Hall–Kier alpha value is -5.58. The number of halogens is 1. The number of carbonyl (C=O) groups excluding carboxylic acids is 3. The van der Waals surface area contributed by atoms with Crippen molar-refractivity contribution in [3.8, 4) is 11.5 Å². The van der Waals surface area contributed by atoms with Gasteiger partial charge in [-0.25, -0.2) is 4.39 Å². The summed E-state index contributed by atoms with van der Waals surface area (Å²) in [7, 11) is 3.15. The van der Waals surface area contributed by atoms with E-state index in [2.05, 4.69) is 25.9 Å². The van der Waals surface area contributed by atoms with Gasteiger partial charge < -0.3 is 26.4 Å². The number of anilines is 2. The number of nitrogens with zero attached hydrogens (tertiary/aromatic N) is 2. The number of pyridine rings is 1. The van der Waals surface area contributed by atoms with E-state index in [1.54, 1.807) is 69.0 Å². The molecule has 1 aliphatic rings. The third-order valence-corrected chi connectivity index (χ3v) is 7.13. The minimum Gasteiger partial charge on any atom is -0.457 e. The van der Waals surface area contributed by atoms with Crippen molar-refractivity contribution >= 4 is 51.8 Å². The fraction of sp³-hybridized carbons (Fsp3) is 0.156. The first-order valence-electron chi connectivity index (χ1n) is 13.4. The van der Waals surface area contributed by atoms with Gasteiger partial charge in [-0.1, -0.05) is 0 Å². The Bertz CT molecular complexity index is 1760. The summed E-state index contributed by atoms with van der Waals surface area (Å²) in [4.78, 5) is 47.1. The molecule has 0 aliphatic heterocycles. The minimum absolute atomic E-state index is 0.310. The van der Waals surface area contributed by atoms with Gasteiger partial charge in [0.25, 0.3) is 5.91 Å². The van der Waals surface area contributed by atoms with Crippen LogP contribution in [0, 0.1) is 11.2 Å². The van der Waals surface area contributed by atoms with Crippen molar-refractivity contribution in [2.24, 2.45) is 16.1 Å². The molecule has 4 aromatic rings. The third kappa shape index (κ3) is 6.05. The highest BCUT2D eigenvalue weighted by Gasteiger charge is 2.56. The molecule has 218 valence electrons. The number of nitrogens with two attached hydrogens (primary N) is 1. The average Bonchev–Trinajstić information content (AvgIpc) is 3.84. The van der Waals surface area contributed by atoms with Gasteiger partial charge in [-0.2, -0.15) is 0 Å². The normalized spacial score (nSPS) is 13.9. The lowest BCUT2D eigenvalue weighted by Gasteiger charge is -2.16. The molecule has 5 N–H and O–H groups in total. The summed E-state index contributed by atoms with van der Waals surface area (Å²) in [5.74, 6) is -0.632. The molecule has 3 amide bonds. The Kier molecular flexibility index (Phi) is 8.15. The van der Waals surface area contributed by atoms with E-state index in [0.29, 0.717) is 63.3 Å². The summed E-state index contributed by atoms with van der Waals surface area (Å²) in [5, 5.41) is 8.75. The molecule has 43 heavy (non-hydrogen) atoms. The molecule has 1 fully saturated rings. The van der Waals surface area contributed by atoms with Crippen LogP contribution in [0.25, 0.3) is 16.5 Å². The molecule has 1 aliphatic carbocycles. The molecular weight excluding hydrogens is 551 g/mol. The van der Waals surface area contributed by atoms with Gasteiger partial charge in [-0.3, -0.25) is 24.4 Å².